The molecule has 5 atom stereocenters. The maximum absolute atomic E-state index is 13.7. The van der Waals surface area contributed by atoms with E-state index in [1.54, 1.807) is 41.5 Å². The van der Waals surface area contributed by atoms with Crippen LogP contribution in [0.2, 0.25) is 13.1 Å². The molecule has 0 aromatic carbocycles. The van der Waals surface area contributed by atoms with Crippen LogP contribution >= 0.6 is 12.2 Å². The van der Waals surface area contributed by atoms with E-state index in [2.05, 4.69) is 0 Å². The maximum Gasteiger partial charge on any atom is 0.359 e. The van der Waals surface area contributed by atoms with E-state index in [1.165, 1.54) is 0 Å². The van der Waals surface area contributed by atoms with Gasteiger partial charge in [-0.2, -0.15) is 0 Å². The summed E-state index contributed by atoms with van der Waals surface area (Å²) in [5.74, 6) is -6.87. The summed E-state index contributed by atoms with van der Waals surface area (Å²) in [6, 6.07) is -0.804. The molecule has 1 amide bonds. The zero-order valence-corrected chi connectivity index (χ0v) is 29.9. The molecule has 0 aromatic rings. The van der Waals surface area contributed by atoms with Gasteiger partial charge < -0.3 is 33.4 Å². The molecule has 0 spiro atoms. The van der Waals surface area contributed by atoms with Crippen LogP contribution in [0.1, 0.15) is 68.7 Å². The van der Waals surface area contributed by atoms with Gasteiger partial charge >= 0.3 is 23.9 Å². The molecular weight excluding hydrogens is 610 g/mol. The summed E-state index contributed by atoms with van der Waals surface area (Å²) >= 11 is 5.72. The van der Waals surface area contributed by atoms with Gasteiger partial charge in [0, 0.05) is 18.9 Å². The summed E-state index contributed by atoms with van der Waals surface area (Å²) in [6.45, 7) is 19.4. The van der Waals surface area contributed by atoms with Crippen LogP contribution in [-0.4, -0.2) is 92.6 Å². The first kappa shape index (κ1) is 39.6. The SMILES string of the molecule is CCOC(=O)C(CC(=S)[C@H](C)[C@@H]1[C@H]([C@@H](CO[SiH](C)C)C(C)(C)C)C(=O)N1C(O)C(=O)OCOC(=O)C(C)(C)C)C(=O)OCC. The van der Waals surface area contributed by atoms with Crippen molar-refractivity contribution in [3.8, 4) is 0 Å². The molecule has 1 rings (SSSR count). The molecule has 0 aliphatic carbocycles. The van der Waals surface area contributed by atoms with E-state index in [9.17, 15) is 29.1 Å². The van der Waals surface area contributed by atoms with Crippen molar-refractivity contribution in [1.29, 1.82) is 0 Å². The highest BCUT2D eigenvalue weighted by Gasteiger charge is 2.59. The number of aliphatic hydroxyl groups excluding tert-OH is 1. The summed E-state index contributed by atoms with van der Waals surface area (Å²) in [5.41, 5.74) is -1.25. The number of amides is 1. The van der Waals surface area contributed by atoms with Gasteiger partial charge in [0.1, 0.15) is 0 Å². The molecule has 1 fully saturated rings. The third-order valence-electron chi connectivity index (χ3n) is 7.43. The van der Waals surface area contributed by atoms with Crippen molar-refractivity contribution in [3.05, 3.63) is 0 Å². The first-order chi connectivity index (χ1) is 20.2. The fraction of sp³-hybridized carbons (Fsp3) is 0.800. The topological polar surface area (TPSA) is 155 Å². The Kier molecular flexibility index (Phi) is 15.1. The predicted octanol–water partition coefficient (Wildman–Crippen LogP) is 3.02. The van der Waals surface area contributed by atoms with E-state index in [0.717, 1.165) is 4.90 Å². The van der Waals surface area contributed by atoms with Gasteiger partial charge in [0.05, 0.1) is 30.6 Å². The molecule has 1 unspecified atom stereocenters. The Morgan fingerprint density at radius 2 is 1.45 bits per heavy atom. The van der Waals surface area contributed by atoms with Crippen LogP contribution in [-0.2, 0) is 47.3 Å². The lowest BCUT2D eigenvalue weighted by molar-refractivity contribution is -0.207. The van der Waals surface area contributed by atoms with E-state index < -0.39 is 86.5 Å². The van der Waals surface area contributed by atoms with Crippen molar-refractivity contribution < 1.29 is 52.5 Å². The fourth-order valence-electron chi connectivity index (χ4n) is 4.86. The Hall–Kier alpha value is -2.42. The van der Waals surface area contributed by atoms with Crippen molar-refractivity contribution in [3.63, 3.8) is 0 Å². The summed E-state index contributed by atoms with van der Waals surface area (Å²) in [7, 11) is -1.47. The van der Waals surface area contributed by atoms with Gasteiger partial charge in [-0.05, 0) is 63.9 Å². The predicted molar refractivity (Wildman–Crippen MR) is 168 cm³/mol. The second-order valence-electron chi connectivity index (χ2n) is 13.3. The molecule has 1 aliphatic heterocycles. The summed E-state index contributed by atoms with van der Waals surface area (Å²) in [6.07, 6.45) is -2.22. The number of likely N-dealkylation sites (tertiary alicyclic amines) is 1. The number of thiocarbonyl (C=S) groups is 1. The van der Waals surface area contributed by atoms with Gasteiger partial charge in [0.15, 0.2) is 15.0 Å². The zero-order valence-electron chi connectivity index (χ0n) is 28.0. The van der Waals surface area contributed by atoms with Gasteiger partial charge in [-0.3, -0.25) is 19.2 Å². The Labute approximate surface area is 268 Å². The molecule has 0 radical (unpaired) electrons. The maximum atomic E-state index is 13.7. The molecule has 14 heteroatoms. The van der Waals surface area contributed by atoms with E-state index in [0.29, 0.717) is 0 Å². The normalized spacial score (nSPS) is 19.1. The number of nitrogens with zero attached hydrogens (tertiary/aromatic N) is 1. The Balaban J connectivity index is 3.39. The number of carbonyl (C=O) groups excluding carboxylic acids is 5. The Morgan fingerprint density at radius 3 is 1.89 bits per heavy atom. The second kappa shape index (κ2) is 16.8. The van der Waals surface area contributed by atoms with Gasteiger partial charge in [0.2, 0.25) is 18.9 Å². The average molecular weight is 662 g/mol. The van der Waals surface area contributed by atoms with Gasteiger partial charge in [-0.1, -0.05) is 39.9 Å². The minimum Gasteiger partial charge on any atom is -0.465 e. The molecule has 1 heterocycles. The number of esters is 4. The van der Waals surface area contributed by atoms with Crippen molar-refractivity contribution in [1.82, 2.24) is 4.90 Å². The van der Waals surface area contributed by atoms with Crippen LogP contribution in [0, 0.1) is 34.5 Å². The minimum atomic E-state index is -2.02. The lowest BCUT2D eigenvalue weighted by atomic mass is 9.63. The van der Waals surface area contributed by atoms with Crippen LogP contribution in [0.25, 0.3) is 0 Å². The summed E-state index contributed by atoms with van der Waals surface area (Å²) in [5, 5.41) is 11.0. The monoisotopic (exact) mass is 661 g/mol. The molecule has 44 heavy (non-hydrogen) atoms. The zero-order chi connectivity index (χ0) is 34.2. The number of ether oxygens (including phenoxy) is 4. The fourth-order valence-corrected chi connectivity index (χ4v) is 5.76. The van der Waals surface area contributed by atoms with Crippen LogP contribution in [0.5, 0.6) is 0 Å². The number of hydrogen-bond donors (Lipinski definition) is 1. The van der Waals surface area contributed by atoms with Crippen LogP contribution < -0.4 is 0 Å². The number of rotatable bonds is 16. The lowest BCUT2D eigenvalue weighted by Gasteiger charge is -2.56. The first-order valence-electron chi connectivity index (χ1n) is 15.0. The third kappa shape index (κ3) is 10.6. The molecule has 0 aromatic heterocycles. The van der Waals surface area contributed by atoms with Gasteiger partial charge in [-0.25, -0.2) is 4.79 Å². The molecule has 1 saturated heterocycles. The van der Waals surface area contributed by atoms with Crippen LogP contribution in [0.3, 0.4) is 0 Å². The van der Waals surface area contributed by atoms with Crippen molar-refractivity contribution in [2.45, 2.75) is 94.1 Å². The van der Waals surface area contributed by atoms with Crippen molar-refractivity contribution >= 4 is 55.9 Å². The van der Waals surface area contributed by atoms with Crippen LogP contribution in [0.15, 0.2) is 0 Å². The quantitative estimate of drug-likeness (QED) is 0.0492. The summed E-state index contributed by atoms with van der Waals surface area (Å²) < 4.78 is 26.2. The summed E-state index contributed by atoms with van der Waals surface area (Å²) in [4.78, 5) is 65.2. The molecular formula is C30H51NO11SSi. The average Bonchev–Trinajstić information content (AvgIpc) is 2.90. The van der Waals surface area contributed by atoms with E-state index >= 15 is 0 Å². The van der Waals surface area contributed by atoms with Gasteiger partial charge in [0.25, 0.3) is 0 Å². The second-order valence-corrected chi connectivity index (χ2v) is 16.2. The van der Waals surface area contributed by atoms with Crippen LogP contribution in [0.4, 0.5) is 0 Å². The molecule has 0 bridgehead atoms. The molecule has 252 valence electrons. The molecule has 1 aliphatic rings. The third-order valence-corrected chi connectivity index (χ3v) is 8.83. The van der Waals surface area contributed by atoms with E-state index in [1.807, 2.05) is 33.9 Å². The van der Waals surface area contributed by atoms with E-state index in [4.69, 9.17) is 35.6 Å². The van der Waals surface area contributed by atoms with Crippen molar-refractivity contribution in [2.24, 2.45) is 34.5 Å². The highest BCUT2D eigenvalue weighted by atomic mass is 32.1. The number of β-lactam (4-membered cyclic amide) rings is 1. The molecule has 1 N–H and O–H groups in total. The molecule has 0 saturated carbocycles. The highest BCUT2D eigenvalue weighted by Crippen LogP contribution is 2.46. The Morgan fingerprint density at radius 1 is 0.932 bits per heavy atom. The number of carbonyl (C=O) groups is 5. The Bertz CT molecular complexity index is 1030. The minimum absolute atomic E-state index is 0.0514. The largest absolute Gasteiger partial charge is 0.465 e. The molecule has 12 nitrogen and oxygen atoms in total. The van der Waals surface area contributed by atoms with Gasteiger partial charge in [-0.15, -0.1) is 0 Å². The first-order valence-corrected chi connectivity index (χ1v) is 18.2. The smallest absolute Gasteiger partial charge is 0.359 e. The highest BCUT2D eigenvalue weighted by molar-refractivity contribution is 7.80. The lowest BCUT2D eigenvalue weighted by Crippen LogP contribution is -2.72. The van der Waals surface area contributed by atoms with Crippen molar-refractivity contribution in [2.75, 3.05) is 26.6 Å². The number of hydrogen-bond acceptors (Lipinski definition) is 12. The number of aliphatic hydroxyl groups is 1. The van der Waals surface area contributed by atoms with E-state index in [-0.39, 0.29) is 37.0 Å². The standard InChI is InChI=1S/C30H51NO11SSi/c1-12-38-25(34)18(26(35)39-13-2)14-20(43)17(3)22-21(19(29(4,5)6)15-42-44(10)11)23(32)31(22)24(33)27(36)40-16-41-28(37)30(7,8)9/h17-19,21-22,24,33,44H,12-16H2,1-11H3/t17-,19+,21-,22+,24?/m0/s1.